The van der Waals surface area contributed by atoms with Crippen molar-refractivity contribution in [1.82, 2.24) is 0 Å². The number of unbranched alkanes of at least 4 members (excludes halogenated alkanes) is 10. The molecule has 0 aromatic rings. The molecule has 2 unspecified atom stereocenters. The van der Waals surface area contributed by atoms with Gasteiger partial charge < -0.3 is 9.47 Å². The maximum absolute atomic E-state index is 12.5. The van der Waals surface area contributed by atoms with Crippen molar-refractivity contribution in [3.63, 3.8) is 0 Å². The van der Waals surface area contributed by atoms with Gasteiger partial charge in [0.15, 0.2) is 0 Å². The van der Waals surface area contributed by atoms with E-state index in [0.717, 1.165) is 57.8 Å². The zero-order chi connectivity index (χ0) is 20.5. The van der Waals surface area contributed by atoms with Gasteiger partial charge in [-0.2, -0.15) is 0 Å². The lowest BCUT2D eigenvalue weighted by Crippen LogP contribution is -2.35. The van der Waals surface area contributed by atoms with Crippen LogP contribution in [0, 0.1) is 11.8 Å². The second-order valence-corrected chi connectivity index (χ2v) is 8.37. The monoisotopic (exact) mass is 396 g/mol. The first-order chi connectivity index (χ1) is 13.7. The van der Waals surface area contributed by atoms with Crippen LogP contribution in [0.5, 0.6) is 0 Å². The predicted octanol–water partition coefficient (Wildman–Crippen LogP) is 6.60. The molecule has 0 saturated heterocycles. The molecule has 0 N–H and O–H groups in total. The summed E-state index contributed by atoms with van der Waals surface area (Å²) in [5.74, 6) is -0.979. The first kappa shape index (κ1) is 25.0. The number of rotatable bonds is 16. The Kier molecular flexibility index (Phi) is 15.0. The number of hydrogen-bond acceptors (Lipinski definition) is 4. The van der Waals surface area contributed by atoms with E-state index in [1.807, 2.05) is 0 Å². The molecule has 1 fully saturated rings. The third kappa shape index (κ3) is 11.1. The number of ether oxygens (including phenoxy) is 2. The summed E-state index contributed by atoms with van der Waals surface area (Å²) in [7, 11) is 0. The summed E-state index contributed by atoms with van der Waals surface area (Å²) in [6, 6.07) is 0. The van der Waals surface area contributed by atoms with E-state index in [-0.39, 0.29) is 23.8 Å². The van der Waals surface area contributed by atoms with E-state index < -0.39 is 0 Å². The number of carbonyl (C=O) groups is 2. The van der Waals surface area contributed by atoms with Gasteiger partial charge in [-0.1, -0.05) is 90.9 Å². The molecule has 1 rings (SSSR count). The summed E-state index contributed by atoms with van der Waals surface area (Å²) in [4.78, 5) is 24.9. The van der Waals surface area contributed by atoms with Crippen LogP contribution in [0.3, 0.4) is 0 Å². The molecule has 4 heteroatoms. The largest absolute Gasteiger partial charge is 0.465 e. The van der Waals surface area contributed by atoms with Crippen molar-refractivity contribution >= 4 is 11.9 Å². The molecule has 164 valence electrons. The van der Waals surface area contributed by atoms with Gasteiger partial charge in [0.2, 0.25) is 0 Å². The zero-order valence-corrected chi connectivity index (χ0v) is 18.5. The van der Waals surface area contributed by atoms with E-state index in [9.17, 15) is 9.59 Å². The highest BCUT2D eigenvalue weighted by molar-refractivity contribution is 5.82. The lowest BCUT2D eigenvalue weighted by Gasteiger charge is -2.28. The summed E-state index contributed by atoms with van der Waals surface area (Å²) in [6.07, 6.45) is 17.8. The SMILES string of the molecule is CCCCCCCCCCCOC(=O)C1CCCCC1C(=O)OCCCCC. The molecule has 0 heterocycles. The van der Waals surface area contributed by atoms with Crippen LogP contribution >= 0.6 is 0 Å². The van der Waals surface area contributed by atoms with Crippen molar-refractivity contribution < 1.29 is 19.1 Å². The highest BCUT2D eigenvalue weighted by Crippen LogP contribution is 2.32. The van der Waals surface area contributed by atoms with Gasteiger partial charge in [0.25, 0.3) is 0 Å². The van der Waals surface area contributed by atoms with Crippen molar-refractivity contribution in [3.05, 3.63) is 0 Å². The summed E-state index contributed by atoms with van der Waals surface area (Å²) < 4.78 is 10.9. The zero-order valence-electron chi connectivity index (χ0n) is 18.5. The molecule has 0 aromatic heterocycles. The molecule has 0 bridgehead atoms. The third-order valence-corrected chi connectivity index (χ3v) is 5.86. The Morgan fingerprint density at radius 2 is 0.964 bits per heavy atom. The Bertz CT molecular complexity index is 407. The standard InChI is InChI=1S/C24H44O4/c1-3-5-7-8-9-10-11-12-16-20-28-24(26)22-18-14-13-17-21(22)23(25)27-19-15-6-4-2/h21-22H,3-20H2,1-2H3. The Morgan fingerprint density at radius 3 is 1.43 bits per heavy atom. The molecule has 28 heavy (non-hydrogen) atoms. The molecule has 0 spiro atoms. The van der Waals surface area contributed by atoms with E-state index in [1.165, 1.54) is 44.9 Å². The fourth-order valence-corrected chi connectivity index (χ4v) is 4.02. The van der Waals surface area contributed by atoms with Crippen LogP contribution in [-0.4, -0.2) is 25.2 Å². The summed E-state index contributed by atoms with van der Waals surface area (Å²) >= 11 is 0. The summed E-state index contributed by atoms with van der Waals surface area (Å²) in [6.45, 7) is 5.34. The number of esters is 2. The first-order valence-electron chi connectivity index (χ1n) is 12.0. The molecular weight excluding hydrogens is 352 g/mol. The van der Waals surface area contributed by atoms with E-state index in [1.54, 1.807) is 0 Å². The van der Waals surface area contributed by atoms with Gasteiger partial charge in [0.05, 0.1) is 25.0 Å². The quantitative estimate of drug-likeness (QED) is 0.218. The van der Waals surface area contributed by atoms with Crippen LogP contribution in [0.25, 0.3) is 0 Å². The van der Waals surface area contributed by atoms with Gasteiger partial charge in [0.1, 0.15) is 0 Å². The highest BCUT2D eigenvalue weighted by atomic mass is 16.5. The van der Waals surface area contributed by atoms with E-state index >= 15 is 0 Å². The number of carbonyl (C=O) groups excluding carboxylic acids is 2. The molecule has 0 radical (unpaired) electrons. The Hall–Kier alpha value is -1.06. The topological polar surface area (TPSA) is 52.6 Å². The fraction of sp³-hybridized carbons (Fsp3) is 0.917. The molecule has 1 aliphatic carbocycles. The average molecular weight is 397 g/mol. The van der Waals surface area contributed by atoms with Crippen LogP contribution < -0.4 is 0 Å². The smallest absolute Gasteiger partial charge is 0.309 e. The molecule has 1 saturated carbocycles. The molecule has 0 amide bonds. The minimum atomic E-state index is -0.300. The maximum Gasteiger partial charge on any atom is 0.309 e. The first-order valence-corrected chi connectivity index (χ1v) is 12.0. The second kappa shape index (κ2) is 16.9. The Morgan fingerprint density at radius 1 is 0.607 bits per heavy atom. The van der Waals surface area contributed by atoms with Crippen molar-refractivity contribution in [3.8, 4) is 0 Å². The number of hydrogen-bond donors (Lipinski definition) is 0. The van der Waals surface area contributed by atoms with Gasteiger partial charge >= 0.3 is 11.9 Å². The van der Waals surface area contributed by atoms with Gasteiger partial charge in [0, 0.05) is 0 Å². The fourth-order valence-electron chi connectivity index (χ4n) is 4.02. The summed E-state index contributed by atoms with van der Waals surface area (Å²) in [5.41, 5.74) is 0. The molecule has 0 aliphatic heterocycles. The molecule has 0 aromatic carbocycles. The molecular formula is C24H44O4. The summed E-state index contributed by atoms with van der Waals surface area (Å²) in [5, 5.41) is 0. The van der Waals surface area contributed by atoms with Crippen LogP contribution in [-0.2, 0) is 19.1 Å². The van der Waals surface area contributed by atoms with E-state index in [0.29, 0.717) is 13.2 Å². The minimum absolute atomic E-state index is 0.185. The van der Waals surface area contributed by atoms with Crippen LogP contribution in [0.2, 0.25) is 0 Å². The lowest BCUT2D eigenvalue weighted by molar-refractivity contribution is -0.163. The Labute approximate surface area is 173 Å². The van der Waals surface area contributed by atoms with E-state index in [4.69, 9.17) is 9.47 Å². The molecule has 1 aliphatic rings. The van der Waals surface area contributed by atoms with Crippen LogP contribution in [0.1, 0.15) is 117 Å². The molecule has 2 atom stereocenters. The predicted molar refractivity (Wildman–Crippen MR) is 114 cm³/mol. The van der Waals surface area contributed by atoms with Crippen LogP contribution in [0.15, 0.2) is 0 Å². The van der Waals surface area contributed by atoms with Crippen molar-refractivity contribution in [2.24, 2.45) is 11.8 Å². The van der Waals surface area contributed by atoms with Crippen molar-refractivity contribution in [1.29, 1.82) is 0 Å². The Balaban J connectivity index is 2.17. The lowest BCUT2D eigenvalue weighted by atomic mass is 9.79. The normalized spacial score (nSPS) is 19.4. The van der Waals surface area contributed by atoms with Gasteiger partial charge in [-0.05, 0) is 25.7 Å². The second-order valence-electron chi connectivity index (χ2n) is 8.37. The van der Waals surface area contributed by atoms with Crippen molar-refractivity contribution in [2.75, 3.05) is 13.2 Å². The van der Waals surface area contributed by atoms with Gasteiger partial charge in [-0.3, -0.25) is 9.59 Å². The minimum Gasteiger partial charge on any atom is -0.465 e. The highest BCUT2D eigenvalue weighted by Gasteiger charge is 2.37. The third-order valence-electron chi connectivity index (χ3n) is 5.86. The molecule has 4 nitrogen and oxygen atoms in total. The van der Waals surface area contributed by atoms with Gasteiger partial charge in [-0.25, -0.2) is 0 Å². The van der Waals surface area contributed by atoms with Crippen LogP contribution in [0.4, 0.5) is 0 Å². The average Bonchev–Trinajstić information content (AvgIpc) is 2.72. The van der Waals surface area contributed by atoms with E-state index in [2.05, 4.69) is 13.8 Å². The van der Waals surface area contributed by atoms with Gasteiger partial charge in [-0.15, -0.1) is 0 Å². The van der Waals surface area contributed by atoms with Crippen molar-refractivity contribution in [2.45, 2.75) is 117 Å². The maximum atomic E-state index is 12.5.